The van der Waals surface area contributed by atoms with Crippen LogP contribution in [0.15, 0.2) is 59.0 Å². The third-order valence-corrected chi connectivity index (χ3v) is 4.22. The number of anilines is 1. The molecule has 3 rings (SSSR count). The zero-order valence-electron chi connectivity index (χ0n) is 15.5. The molecule has 1 unspecified atom stereocenters. The van der Waals surface area contributed by atoms with Gasteiger partial charge in [-0.3, -0.25) is 9.59 Å². The van der Waals surface area contributed by atoms with E-state index < -0.39 is 11.9 Å². The molecule has 140 valence electrons. The molecule has 0 saturated heterocycles. The second-order valence-corrected chi connectivity index (χ2v) is 6.56. The van der Waals surface area contributed by atoms with Crippen LogP contribution in [0.5, 0.6) is 5.75 Å². The van der Waals surface area contributed by atoms with E-state index in [-0.39, 0.29) is 17.6 Å². The maximum Gasteiger partial charge on any atom is 0.287 e. The van der Waals surface area contributed by atoms with E-state index in [1.807, 2.05) is 32.0 Å². The number of ether oxygens (including phenoxy) is 1. The molecule has 0 bridgehead atoms. The van der Waals surface area contributed by atoms with Crippen LogP contribution in [-0.2, 0) is 4.79 Å². The summed E-state index contributed by atoms with van der Waals surface area (Å²) in [7, 11) is 1.56. The number of nitrogens with one attached hydrogen (secondary N) is 2. The van der Waals surface area contributed by atoms with Crippen molar-refractivity contribution in [2.24, 2.45) is 5.92 Å². The average Bonchev–Trinajstić information content (AvgIpc) is 3.10. The van der Waals surface area contributed by atoms with E-state index in [4.69, 9.17) is 9.15 Å². The minimum atomic E-state index is -0.711. The van der Waals surface area contributed by atoms with Gasteiger partial charge in [-0.2, -0.15) is 0 Å². The summed E-state index contributed by atoms with van der Waals surface area (Å²) in [5.41, 5.74) is 1.23. The fourth-order valence-electron chi connectivity index (χ4n) is 2.76. The first-order valence-electron chi connectivity index (χ1n) is 8.72. The Morgan fingerprint density at radius 2 is 1.81 bits per heavy atom. The highest BCUT2D eigenvalue weighted by atomic mass is 16.5. The number of benzene rings is 2. The number of para-hydroxylation sites is 1. The smallest absolute Gasteiger partial charge is 0.287 e. The molecule has 27 heavy (non-hydrogen) atoms. The minimum Gasteiger partial charge on any atom is -0.497 e. The number of fused-ring (bicyclic) bond motifs is 1. The van der Waals surface area contributed by atoms with Gasteiger partial charge in [-0.25, -0.2) is 0 Å². The molecule has 1 aromatic heterocycles. The van der Waals surface area contributed by atoms with Crippen LogP contribution in [0.25, 0.3) is 11.0 Å². The number of carbonyl (C=O) groups excluding carboxylic acids is 2. The second kappa shape index (κ2) is 7.95. The fourth-order valence-corrected chi connectivity index (χ4v) is 2.76. The third kappa shape index (κ3) is 4.28. The number of methoxy groups -OCH3 is 1. The molecule has 2 amide bonds. The topological polar surface area (TPSA) is 80.6 Å². The third-order valence-electron chi connectivity index (χ3n) is 4.22. The lowest BCUT2D eigenvalue weighted by molar-refractivity contribution is -0.118. The lowest BCUT2D eigenvalue weighted by atomic mass is 10.0. The summed E-state index contributed by atoms with van der Waals surface area (Å²) in [5, 5.41) is 6.42. The van der Waals surface area contributed by atoms with Crippen LogP contribution in [0.1, 0.15) is 24.4 Å². The van der Waals surface area contributed by atoms with Gasteiger partial charge in [-0.05, 0) is 30.2 Å². The van der Waals surface area contributed by atoms with Crippen molar-refractivity contribution in [1.29, 1.82) is 0 Å². The zero-order chi connectivity index (χ0) is 19.4. The van der Waals surface area contributed by atoms with Crippen LogP contribution in [0.3, 0.4) is 0 Å². The Morgan fingerprint density at radius 1 is 1.04 bits per heavy atom. The molecule has 0 fully saturated rings. The van der Waals surface area contributed by atoms with E-state index in [9.17, 15) is 9.59 Å². The van der Waals surface area contributed by atoms with Gasteiger partial charge in [-0.1, -0.05) is 38.1 Å². The van der Waals surface area contributed by atoms with Crippen LogP contribution < -0.4 is 15.4 Å². The van der Waals surface area contributed by atoms with Crippen molar-refractivity contribution in [3.05, 3.63) is 60.4 Å². The molecule has 6 heteroatoms. The van der Waals surface area contributed by atoms with Gasteiger partial charge in [0.1, 0.15) is 17.4 Å². The monoisotopic (exact) mass is 366 g/mol. The number of furan rings is 1. The first-order chi connectivity index (χ1) is 13.0. The van der Waals surface area contributed by atoms with Gasteiger partial charge in [0.25, 0.3) is 5.91 Å². The van der Waals surface area contributed by atoms with Gasteiger partial charge in [0, 0.05) is 17.1 Å². The molecular formula is C21H22N2O4. The summed E-state index contributed by atoms with van der Waals surface area (Å²) >= 11 is 0. The Labute approximate surface area is 157 Å². The summed E-state index contributed by atoms with van der Waals surface area (Å²) in [5.74, 6) is -0.0198. The number of hydrogen-bond acceptors (Lipinski definition) is 4. The van der Waals surface area contributed by atoms with Crippen molar-refractivity contribution in [2.45, 2.75) is 19.9 Å². The predicted molar refractivity (Wildman–Crippen MR) is 104 cm³/mol. The maximum atomic E-state index is 12.7. The lowest BCUT2D eigenvalue weighted by Gasteiger charge is -2.21. The van der Waals surface area contributed by atoms with Crippen LogP contribution >= 0.6 is 0 Å². The Balaban J connectivity index is 1.74. The van der Waals surface area contributed by atoms with Crippen molar-refractivity contribution in [3.8, 4) is 5.75 Å². The van der Waals surface area contributed by atoms with E-state index in [0.29, 0.717) is 17.0 Å². The number of hydrogen-bond donors (Lipinski definition) is 2. The van der Waals surface area contributed by atoms with Gasteiger partial charge < -0.3 is 19.8 Å². The van der Waals surface area contributed by atoms with Crippen molar-refractivity contribution in [2.75, 3.05) is 12.4 Å². The highest BCUT2D eigenvalue weighted by molar-refractivity contribution is 6.01. The largest absolute Gasteiger partial charge is 0.497 e. The molecule has 2 N–H and O–H groups in total. The second-order valence-electron chi connectivity index (χ2n) is 6.56. The summed E-state index contributed by atoms with van der Waals surface area (Å²) in [6.45, 7) is 3.74. The maximum absolute atomic E-state index is 12.7. The summed E-state index contributed by atoms with van der Waals surface area (Å²) in [4.78, 5) is 25.3. The molecule has 1 heterocycles. The van der Waals surface area contributed by atoms with Gasteiger partial charge in [-0.15, -0.1) is 0 Å². The number of rotatable bonds is 6. The highest BCUT2D eigenvalue weighted by Gasteiger charge is 2.26. The highest BCUT2D eigenvalue weighted by Crippen LogP contribution is 2.20. The average molecular weight is 366 g/mol. The van der Waals surface area contributed by atoms with E-state index in [1.165, 1.54) is 0 Å². The van der Waals surface area contributed by atoms with Crippen LogP contribution in [0.2, 0.25) is 0 Å². The summed E-state index contributed by atoms with van der Waals surface area (Å²) in [6.07, 6.45) is 0. The zero-order valence-corrected chi connectivity index (χ0v) is 15.5. The molecule has 0 radical (unpaired) electrons. The summed E-state index contributed by atoms with van der Waals surface area (Å²) in [6, 6.07) is 15.4. The molecule has 3 aromatic rings. The van der Waals surface area contributed by atoms with Crippen molar-refractivity contribution < 1.29 is 18.7 Å². The number of amides is 2. The minimum absolute atomic E-state index is 0.107. The standard InChI is InChI=1S/C21H22N2O4/c1-13(2)19(21(25)22-15-8-6-9-16(12-15)26-3)23-20(24)18-11-14-7-4-5-10-17(14)27-18/h4-13,19H,1-3H3,(H,22,25)(H,23,24). The van der Waals surface area contributed by atoms with Crippen LogP contribution in [-0.4, -0.2) is 25.0 Å². The normalized spacial score (nSPS) is 12.0. The number of carbonyl (C=O) groups is 2. The van der Waals surface area contributed by atoms with Crippen molar-refractivity contribution in [1.82, 2.24) is 5.32 Å². The lowest BCUT2D eigenvalue weighted by Crippen LogP contribution is -2.47. The first kappa shape index (κ1) is 18.5. The van der Waals surface area contributed by atoms with Crippen LogP contribution in [0, 0.1) is 5.92 Å². The van der Waals surface area contributed by atoms with Crippen molar-refractivity contribution in [3.63, 3.8) is 0 Å². The van der Waals surface area contributed by atoms with Gasteiger partial charge in [0.2, 0.25) is 5.91 Å². The molecule has 0 aliphatic heterocycles. The van der Waals surface area contributed by atoms with Crippen LogP contribution in [0.4, 0.5) is 5.69 Å². The van der Waals surface area contributed by atoms with E-state index in [2.05, 4.69) is 10.6 Å². The fraction of sp³-hybridized carbons (Fsp3) is 0.238. The van der Waals surface area contributed by atoms with E-state index in [1.54, 1.807) is 43.5 Å². The Morgan fingerprint density at radius 3 is 2.52 bits per heavy atom. The molecule has 0 aliphatic rings. The first-order valence-corrected chi connectivity index (χ1v) is 8.72. The molecule has 1 atom stereocenters. The molecule has 6 nitrogen and oxygen atoms in total. The van der Waals surface area contributed by atoms with Gasteiger partial charge in [0.05, 0.1) is 7.11 Å². The Bertz CT molecular complexity index is 928. The van der Waals surface area contributed by atoms with E-state index in [0.717, 1.165) is 5.39 Å². The summed E-state index contributed by atoms with van der Waals surface area (Å²) < 4.78 is 10.7. The van der Waals surface area contributed by atoms with Crippen molar-refractivity contribution >= 4 is 28.5 Å². The molecule has 0 saturated carbocycles. The quantitative estimate of drug-likeness (QED) is 0.695. The molecule has 2 aromatic carbocycles. The molecule has 0 spiro atoms. The Kier molecular flexibility index (Phi) is 5.45. The molecule has 0 aliphatic carbocycles. The Hall–Kier alpha value is -3.28. The SMILES string of the molecule is COc1cccc(NC(=O)C(NC(=O)c2cc3ccccc3o2)C(C)C)c1. The predicted octanol–water partition coefficient (Wildman–Crippen LogP) is 3.83. The van der Waals surface area contributed by atoms with Gasteiger partial charge >= 0.3 is 0 Å². The van der Waals surface area contributed by atoms with Gasteiger partial charge in [0.15, 0.2) is 5.76 Å². The molecular weight excluding hydrogens is 344 g/mol. The van der Waals surface area contributed by atoms with E-state index >= 15 is 0 Å².